The van der Waals surface area contributed by atoms with Crippen LogP contribution in [0, 0.1) is 16.7 Å². The Morgan fingerprint density at radius 1 is 1.39 bits per heavy atom. The van der Waals surface area contributed by atoms with Crippen LogP contribution in [0.2, 0.25) is 0 Å². The van der Waals surface area contributed by atoms with Gasteiger partial charge in [0.15, 0.2) is 29.5 Å². The minimum Gasteiger partial charge on any atom is -0.493 e. The fraction of sp³-hybridized carbons (Fsp3) is 0.480. The predicted molar refractivity (Wildman–Crippen MR) is 130 cm³/mol. The van der Waals surface area contributed by atoms with Crippen molar-refractivity contribution in [3.05, 3.63) is 47.1 Å². The largest absolute Gasteiger partial charge is 0.493 e. The zero-order valence-electron chi connectivity index (χ0n) is 20.4. The molecule has 0 aliphatic carbocycles. The molecule has 5 atom stereocenters. The van der Waals surface area contributed by atoms with Crippen molar-refractivity contribution in [1.82, 2.24) is 15.5 Å². The lowest BCUT2D eigenvalue weighted by atomic mass is 9.72. The summed E-state index contributed by atoms with van der Waals surface area (Å²) in [6.45, 7) is 3.46. The Morgan fingerprint density at radius 3 is 2.72 bits per heavy atom. The molecule has 1 unspecified atom stereocenters. The number of hydrogen-bond donors (Lipinski definition) is 5. The van der Waals surface area contributed by atoms with Gasteiger partial charge in [-0.25, -0.2) is 4.99 Å². The Morgan fingerprint density at radius 2 is 2.14 bits per heavy atom. The van der Waals surface area contributed by atoms with Crippen molar-refractivity contribution < 1.29 is 29.6 Å². The van der Waals surface area contributed by atoms with Crippen molar-refractivity contribution in [2.75, 3.05) is 26.8 Å². The average Bonchev–Trinajstić information content (AvgIpc) is 3.23. The second kappa shape index (κ2) is 10.2. The number of aliphatic hydroxyl groups is 3. The second-order valence-electron chi connectivity index (χ2n) is 9.45. The van der Waals surface area contributed by atoms with Crippen LogP contribution in [-0.4, -0.2) is 77.6 Å². The van der Waals surface area contributed by atoms with Crippen molar-refractivity contribution in [2.45, 2.75) is 44.6 Å². The van der Waals surface area contributed by atoms with Crippen LogP contribution < -0.4 is 20.1 Å². The summed E-state index contributed by atoms with van der Waals surface area (Å²) >= 11 is 0. The fourth-order valence-corrected chi connectivity index (χ4v) is 4.73. The van der Waals surface area contributed by atoms with Gasteiger partial charge in [0.1, 0.15) is 6.07 Å². The molecule has 3 aliphatic rings. The lowest BCUT2D eigenvalue weighted by molar-refractivity contribution is -0.141. The molecule has 11 heteroatoms. The number of carbonyl (C=O) groups excluding carboxylic acids is 1. The number of nitrogens with zero attached hydrogens (tertiary/aromatic N) is 3. The van der Waals surface area contributed by atoms with Gasteiger partial charge < -0.3 is 40.3 Å². The lowest BCUT2D eigenvalue weighted by Crippen LogP contribution is -2.47. The van der Waals surface area contributed by atoms with Crippen molar-refractivity contribution in [3.8, 4) is 17.6 Å². The van der Waals surface area contributed by atoms with E-state index < -0.39 is 30.1 Å². The number of aliphatic hydroxyl groups excluding tert-OH is 3. The minimum absolute atomic E-state index is 0.239. The molecular formula is C25H31N5O6. The van der Waals surface area contributed by atoms with Gasteiger partial charge >= 0.3 is 0 Å². The molecule has 0 radical (unpaired) electrons. The van der Waals surface area contributed by atoms with E-state index in [-0.39, 0.29) is 25.2 Å². The molecule has 1 aromatic rings. The van der Waals surface area contributed by atoms with Gasteiger partial charge in [-0.2, -0.15) is 5.26 Å². The molecule has 0 spiro atoms. The highest BCUT2D eigenvalue weighted by atomic mass is 16.5. The number of amides is 1. The van der Waals surface area contributed by atoms with E-state index in [0.29, 0.717) is 23.6 Å². The van der Waals surface area contributed by atoms with Gasteiger partial charge in [-0.1, -0.05) is 13.0 Å². The molecule has 0 bridgehead atoms. The van der Waals surface area contributed by atoms with E-state index >= 15 is 0 Å². The van der Waals surface area contributed by atoms with Crippen LogP contribution in [0.3, 0.4) is 0 Å². The van der Waals surface area contributed by atoms with Gasteiger partial charge in [0, 0.05) is 42.7 Å². The molecule has 11 nitrogen and oxygen atoms in total. The topological polar surface area (TPSA) is 160 Å². The number of ether oxygens (including phenoxy) is 2. The molecule has 0 saturated carbocycles. The standard InChI is InChI=1S/C25H31N5O6/c1-14(32)25(2)13-30(24(34)20(33)12-31)11-17(25)15-4-5-21(35-3)22(6-15)36-23-7-18(29-23)19-10-27-16(8-26)9-28-19/h4-6,9-10,14,17,20,23,28-29,31-33H,7,11-13H2,1-3H3/t14-,17+,20+,23?,25+/m1/s1. The molecule has 5 N–H and O–H groups in total. The Hall–Kier alpha value is -3.59. The first kappa shape index (κ1) is 25.5. The number of likely N-dealkylation sites (tertiary alicyclic amines) is 1. The van der Waals surface area contributed by atoms with Crippen molar-refractivity contribution in [2.24, 2.45) is 10.4 Å². The van der Waals surface area contributed by atoms with E-state index in [2.05, 4.69) is 15.6 Å². The normalized spacial score (nSPS) is 28.7. The summed E-state index contributed by atoms with van der Waals surface area (Å²) in [7, 11) is 1.55. The van der Waals surface area contributed by atoms with Crippen LogP contribution in [0.4, 0.5) is 0 Å². The summed E-state index contributed by atoms with van der Waals surface area (Å²) in [5.74, 6) is 0.256. The fourth-order valence-electron chi connectivity index (χ4n) is 4.73. The molecule has 3 aliphatic heterocycles. The molecule has 36 heavy (non-hydrogen) atoms. The van der Waals surface area contributed by atoms with E-state index in [4.69, 9.17) is 14.7 Å². The quantitative estimate of drug-likeness (QED) is 0.357. The number of rotatable bonds is 7. The molecule has 1 amide bonds. The first-order valence-corrected chi connectivity index (χ1v) is 11.7. The summed E-state index contributed by atoms with van der Waals surface area (Å²) in [6, 6.07) is 7.51. The molecular weight excluding hydrogens is 466 g/mol. The van der Waals surface area contributed by atoms with Gasteiger partial charge in [0.2, 0.25) is 0 Å². The number of allylic oxidation sites excluding steroid dienone is 2. The number of methoxy groups -OCH3 is 1. The maximum atomic E-state index is 12.6. The first-order valence-electron chi connectivity index (χ1n) is 11.7. The number of aliphatic imine (C=N–C) groups is 1. The Balaban J connectivity index is 1.52. The summed E-state index contributed by atoms with van der Waals surface area (Å²) in [4.78, 5) is 18.1. The number of benzene rings is 1. The third-order valence-electron chi connectivity index (χ3n) is 7.18. The molecule has 3 heterocycles. The van der Waals surface area contributed by atoms with Crippen molar-refractivity contribution >= 4 is 12.1 Å². The van der Waals surface area contributed by atoms with E-state index in [1.54, 1.807) is 32.5 Å². The highest BCUT2D eigenvalue weighted by Crippen LogP contribution is 2.47. The zero-order valence-corrected chi connectivity index (χ0v) is 20.4. The van der Waals surface area contributed by atoms with Gasteiger partial charge in [-0.15, -0.1) is 0 Å². The number of hydrogen-bond acceptors (Lipinski definition) is 10. The lowest BCUT2D eigenvalue weighted by Gasteiger charge is -2.35. The van der Waals surface area contributed by atoms with Crippen LogP contribution in [-0.2, 0) is 4.79 Å². The van der Waals surface area contributed by atoms with Crippen LogP contribution in [0.25, 0.3) is 0 Å². The third-order valence-corrected chi connectivity index (χ3v) is 7.18. The minimum atomic E-state index is -1.49. The van der Waals surface area contributed by atoms with Crippen molar-refractivity contribution in [1.29, 1.82) is 5.26 Å². The summed E-state index contributed by atoms with van der Waals surface area (Å²) in [6.07, 6.45) is 1.19. The van der Waals surface area contributed by atoms with Crippen LogP contribution in [0.15, 0.2) is 46.5 Å². The maximum absolute atomic E-state index is 12.6. The summed E-state index contributed by atoms with van der Waals surface area (Å²) in [5, 5.41) is 44.9. The van der Waals surface area contributed by atoms with Gasteiger partial charge in [0.25, 0.3) is 5.91 Å². The van der Waals surface area contributed by atoms with E-state index in [1.807, 2.05) is 25.1 Å². The zero-order chi connectivity index (χ0) is 26.0. The average molecular weight is 498 g/mol. The monoisotopic (exact) mass is 497 g/mol. The van der Waals surface area contributed by atoms with Crippen LogP contribution in [0.1, 0.15) is 31.7 Å². The highest BCUT2D eigenvalue weighted by molar-refractivity contribution is 5.82. The second-order valence-corrected chi connectivity index (χ2v) is 9.45. The SMILES string of the molecule is COc1ccc([C@@H]2CN(C(=O)[C@@H](O)CO)C[C@@]2(C)[C@@H](C)O)cc1OC1CC(=C2C=NC(C#N)=CN2)N1. The number of nitrogens with one attached hydrogen (secondary N) is 2. The Kier molecular flexibility index (Phi) is 7.21. The predicted octanol–water partition coefficient (Wildman–Crippen LogP) is 0.310. The Labute approximate surface area is 209 Å². The van der Waals surface area contributed by atoms with E-state index in [0.717, 1.165) is 17.0 Å². The number of nitriles is 1. The molecule has 192 valence electrons. The highest BCUT2D eigenvalue weighted by Gasteiger charge is 2.49. The Bertz CT molecular complexity index is 1150. The molecule has 4 rings (SSSR count). The van der Waals surface area contributed by atoms with Crippen molar-refractivity contribution in [3.63, 3.8) is 0 Å². The van der Waals surface area contributed by atoms with Gasteiger partial charge in [-0.3, -0.25) is 4.79 Å². The molecule has 0 aromatic heterocycles. The first-order chi connectivity index (χ1) is 17.2. The summed E-state index contributed by atoms with van der Waals surface area (Å²) < 4.78 is 11.7. The maximum Gasteiger partial charge on any atom is 0.253 e. The number of carbonyl (C=O) groups is 1. The van der Waals surface area contributed by atoms with Gasteiger partial charge in [0.05, 0.1) is 31.7 Å². The van der Waals surface area contributed by atoms with Gasteiger partial charge in [-0.05, 0) is 24.6 Å². The molecule has 1 aromatic carbocycles. The molecule has 2 saturated heterocycles. The van der Waals surface area contributed by atoms with E-state index in [1.165, 1.54) is 4.90 Å². The third kappa shape index (κ3) is 4.75. The molecule has 2 fully saturated rings. The smallest absolute Gasteiger partial charge is 0.253 e. The van der Waals surface area contributed by atoms with E-state index in [9.17, 15) is 20.1 Å². The summed E-state index contributed by atoms with van der Waals surface area (Å²) in [5.41, 5.74) is 2.15. The van der Waals surface area contributed by atoms with Crippen LogP contribution >= 0.6 is 0 Å². The van der Waals surface area contributed by atoms with Crippen LogP contribution in [0.5, 0.6) is 11.5 Å².